The average molecular weight is 297 g/mol. The first-order valence-electron chi connectivity index (χ1n) is 7.20. The second-order valence-corrected chi connectivity index (χ2v) is 5.17. The van der Waals surface area contributed by atoms with Gasteiger partial charge in [-0.1, -0.05) is 23.4 Å². The zero-order valence-corrected chi connectivity index (χ0v) is 11.9. The van der Waals surface area contributed by atoms with Crippen molar-refractivity contribution in [1.29, 1.82) is 0 Å². The third kappa shape index (κ3) is 2.60. The van der Waals surface area contributed by atoms with E-state index in [1.807, 2.05) is 18.2 Å². The van der Waals surface area contributed by atoms with Crippen molar-refractivity contribution in [3.8, 4) is 17.3 Å². The van der Waals surface area contributed by atoms with Crippen molar-refractivity contribution in [2.45, 2.75) is 19.1 Å². The summed E-state index contributed by atoms with van der Waals surface area (Å²) in [5, 5.41) is 7.18. The summed E-state index contributed by atoms with van der Waals surface area (Å²) in [5.41, 5.74) is 1.26. The van der Waals surface area contributed by atoms with E-state index in [2.05, 4.69) is 21.5 Å². The van der Waals surface area contributed by atoms with Crippen molar-refractivity contribution >= 4 is 0 Å². The van der Waals surface area contributed by atoms with Gasteiger partial charge < -0.3 is 19.0 Å². The van der Waals surface area contributed by atoms with Crippen LogP contribution < -0.4 is 10.1 Å². The molecule has 22 heavy (non-hydrogen) atoms. The molecule has 0 bridgehead atoms. The molecule has 1 N–H and O–H groups in total. The van der Waals surface area contributed by atoms with Gasteiger partial charge in [-0.25, -0.2) is 0 Å². The van der Waals surface area contributed by atoms with Crippen LogP contribution in [0, 0.1) is 0 Å². The molecule has 6 heteroatoms. The molecule has 1 atom stereocenters. The van der Waals surface area contributed by atoms with Gasteiger partial charge in [0.2, 0.25) is 11.7 Å². The van der Waals surface area contributed by atoms with Gasteiger partial charge in [-0.2, -0.15) is 4.98 Å². The molecule has 1 aliphatic heterocycles. The SMILES string of the molecule is c1coc(-c2noc(CNC[C@@H]3Cc4ccccc4O3)n2)c1. The minimum Gasteiger partial charge on any atom is -0.488 e. The first kappa shape index (κ1) is 13.1. The van der Waals surface area contributed by atoms with E-state index in [0.29, 0.717) is 24.0 Å². The molecular weight excluding hydrogens is 282 g/mol. The lowest BCUT2D eigenvalue weighted by molar-refractivity contribution is 0.224. The minimum absolute atomic E-state index is 0.143. The molecule has 0 amide bonds. The van der Waals surface area contributed by atoms with Crippen molar-refractivity contribution < 1.29 is 13.7 Å². The van der Waals surface area contributed by atoms with Crippen LogP contribution in [0.25, 0.3) is 11.6 Å². The van der Waals surface area contributed by atoms with Gasteiger partial charge in [0.1, 0.15) is 11.9 Å². The monoisotopic (exact) mass is 297 g/mol. The minimum atomic E-state index is 0.143. The maximum Gasteiger partial charge on any atom is 0.241 e. The quantitative estimate of drug-likeness (QED) is 0.779. The molecule has 0 unspecified atom stereocenters. The summed E-state index contributed by atoms with van der Waals surface area (Å²) in [6.45, 7) is 1.23. The number of para-hydroxylation sites is 1. The second kappa shape index (κ2) is 5.65. The fourth-order valence-corrected chi connectivity index (χ4v) is 2.54. The maximum atomic E-state index is 5.86. The fraction of sp³-hybridized carbons (Fsp3) is 0.250. The highest BCUT2D eigenvalue weighted by Gasteiger charge is 2.22. The Hall–Kier alpha value is -2.60. The van der Waals surface area contributed by atoms with Crippen molar-refractivity contribution in [3.05, 3.63) is 54.1 Å². The topological polar surface area (TPSA) is 73.3 Å². The highest BCUT2D eigenvalue weighted by molar-refractivity contribution is 5.44. The zero-order chi connectivity index (χ0) is 14.8. The second-order valence-electron chi connectivity index (χ2n) is 5.17. The lowest BCUT2D eigenvalue weighted by Crippen LogP contribution is -2.29. The Morgan fingerprint density at radius 1 is 1.18 bits per heavy atom. The molecule has 3 aromatic rings. The van der Waals surface area contributed by atoms with Gasteiger partial charge in [0, 0.05) is 13.0 Å². The summed E-state index contributed by atoms with van der Waals surface area (Å²) in [6, 6.07) is 11.7. The molecule has 4 rings (SSSR count). The largest absolute Gasteiger partial charge is 0.488 e. The molecule has 2 aromatic heterocycles. The number of hydrogen-bond donors (Lipinski definition) is 1. The summed E-state index contributed by atoms with van der Waals surface area (Å²) < 4.78 is 16.3. The molecule has 3 heterocycles. The van der Waals surface area contributed by atoms with E-state index in [9.17, 15) is 0 Å². The highest BCUT2D eigenvalue weighted by Crippen LogP contribution is 2.27. The third-order valence-corrected chi connectivity index (χ3v) is 3.57. The third-order valence-electron chi connectivity index (χ3n) is 3.57. The van der Waals surface area contributed by atoms with E-state index in [4.69, 9.17) is 13.7 Å². The van der Waals surface area contributed by atoms with Crippen LogP contribution in [-0.4, -0.2) is 22.8 Å². The molecule has 1 aromatic carbocycles. The lowest BCUT2D eigenvalue weighted by atomic mass is 10.1. The van der Waals surface area contributed by atoms with E-state index < -0.39 is 0 Å². The van der Waals surface area contributed by atoms with E-state index >= 15 is 0 Å². The number of nitrogens with zero attached hydrogens (tertiary/aromatic N) is 2. The number of nitrogens with one attached hydrogen (secondary N) is 1. The van der Waals surface area contributed by atoms with Gasteiger partial charge in [0.05, 0.1) is 12.8 Å². The molecular formula is C16H15N3O3. The number of fused-ring (bicyclic) bond motifs is 1. The van der Waals surface area contributed by atoms with Gasteiger partial charge in [-0.05, 0) is 23.8 Å². The van der Waals surface area contributed by atoms with Gasteiger partial charge in [0.15, 0.2) is 5.76 Å². The number of ether oxygens (including phenoxy) is 1. The fourth-order valence-electron chi connectivity index (χ4n) is 2.54. The number of benzene rings is 1. The van der Waals surface area contributed by atoms with E-state index in [1.165, 1.54) is 5.56 Å². The Labute approximate surface area is 127 Å². The Morgan fingerprint density at radius 2 is 2.14 bits per heavy atom. The average Bonchev–Trinajstić information content (AvgIpc) is 3.27. The summed E-state index contributed by atoms with van der Waals surface area (Å²) >= 11 is 0. The molecule has 112 valence electrons. The van der Waals surface area contributed by atoms with Gasteiger partial charge >= 0.3 is 0 Å². The van der Waals surface area contributed by atoms with Crippen molar-refractivity contribution in [3.63, 3.8) is 0 Å². The van der Waals surface area contributed by atoms with Crippen LogP contribution in [-0.2, 0) is 13.0 Å². The van der Waals surface area contributed by atoms with Crippen molar-refractivity contribution in [2.24, 2.45) is 0 Å². The van der Waals surface area contributed by atoms with Gasteiger partial charge in [0.25, 0.3) is 0 Å². The molecule has 1 aliphatic rings. The first-order valence-corrected chi connectivity index (χ1v) is 7.20. The van der Waals surface area contributed by atoms with E-state index in [0.717, 1.165) is 18.7 Å². The smallest absolute Gasteiger partial charge is 0.241 e. The molecule has 0 radical (unpaired) electrons. The van der Waals surface area contributed by atoms with E-state index in [1.54, 1.807) is 18.4 Å². The van der Waals surface area contributed by atoms with Crippen LogP contribution in [0.5, 0.6) is 5.75 Å². The number of aromatic nitrogens is 2. The summed E-state index contributed by atoms with van der Waals surface area (Å²) in [6.07, 6.45) is 2.65. The normalized spacial score (nSPS) is 16.5. The van der Waals surface area contributed by atoms with Crippen molar-refractivity contribution in [2.75, 3.05) is 6.54 Å². The molecule has 6 nitrogen and oxygen atoms in total. The zero-order valence-electron chi connectivity index (χ0n) is 11.9. The Morgan fingerprint density at radius 3 is 3.00 bits per heavy atom. The molecule has 0 spiro atoms. The van der Waals surface area contributed by atoms with Crippen LogP contribution in [0.1, 0.15) is 11.5 Å². The highest BCUT2D eigenvalue weighted by atomic mass is 16.5. The van der Waals surface area contributed by atoms with Gasteiger partial charge in [-0.3, -0.25) is 0 Å². The lowest BCUT2D eigenvalue weighted by Gasteiger charge is -2.10. The van der Waals surface area contributed by atoms with Gasteiger partial charge in [-0.15, -0.1) is 0 Å². The molecule has 0 fully saturated rings. The van der Waals surface area contributed by atoms with Crippen LogP contribution in [0.2, 0.25) is 0 Å². The van der Waals surface area contributed by atoms with Crippen LogP contribution in [0.3, 0.4) is 0 Å². The number of hydrogen-bond acceptors (Lipinski definition) is 6. The summed E-state index contributed by atoms with van der Waals surface area (Å²) in [5.74, 6) is 2.57. The van der Waals surface area contributed by atoms with Crippen LogP contribution in [0.4, 0.5) is 0 Å². The molecule has 0 saturated heterocycles. The number of rotatable bonds is 5. The molecule has 0 aliphatic carbocycles. The Kier molecular flexibility index (Phi) is 3.36. The summed E-state index contributed by atoms with van der Waals surface area (Å²) in [4.78, 5) is 4.28. The van der Waals surface area contributed by atoms with Crippen LogP contribution >= 0.6 is 0 Å². The Balaban J connectivity index is 1.30. The molecule has 0 saturated carbocycles. The number of furan rings is 1. The predicted octanol–water partition coefficient (Wildman–Crippen LogP) is 2.42. The maximum absolute atomic E-state index is 5.86. The predicted molar refractivity (Wildman–Crippen MR) is 78.3 cm³/mol. The Bertz CT molecular complexity index is 727. The van der Waals surface area contributed by atoms with Crippen molar-refractivity contribution in [1.82, 2.24) is 15.5 Å². The first-order chi connectivity index (χ1) is 10.9. The summed E-state index contributed by atoms with van der Waals surface area (Å²) in [7, 11) is 0. The van der Waals surface area contributed by atoms with Crippen LogP contribution in [0.15, 0.2) is 51.6 Å². The standard InChI is InChI=1S/C16H15N3O3/c1-2-5-13-11(4-1)8-12(21-13)9-17-10-15-18-16(19-22-15)14-6-3-7-20-14/h1-7,12,17H,8-10H2/t12-/m0/s1. The van der Waals surface area contributed by atoms with E-state index in [-0.39, 0.29) is 6.10 Å².